The van der Waals surface area contributed by atoms with Gasteiger partial charge >= 0.3 is 0 Å². The molecule has 1 amide bonds. The molecule has 21 heavy (non-hydrogen) atoms. The highest BCUT2D eigenvalue weighted by molar-refractivity contribution is 7.91. The molecule has 118 valence electrons. The number of benzene rings is 1. The molecule has 0 bridgehead atoms. The van der Waals surface area contributed by atoms with Gasteiger partial charge in [0.1, 0.15) is 0 Å². The van der Waals surface area contributed by atoms with Crippen molar-refractivity contribution in [1.82, 2.24) is 10.6 Å². The molecular formula is C13H18Cl2N2O3S. The van der Waals surface area contributed by atoms with Crippen molar-refractivity contribution >= 4 is 39.8 Å². The Kier molecular flexibility index (Phi) is 6.93. The van der Waals surface area contributed by atoms with Crippen molar-refractivity contribution in [2.75, 3.05) is 25.4 Å². The van der Waals surface area contributed by atoms with Gasteiger partial charge in [-0.2, -0.15) is 0 Å². The summed E-state index contributed by atoms with van der Waals surface area (Å²) in [6, 6.07) is 6.02. The molecule has 2 N–H and O–H groups in total. The molecule has 0 radical (unpaired) electrons. The topological polar surface area (TPSA) is 75.3 Å². The van der Waals surface area contributed by atoms with Crippen LogP contribution in [0.5, 0.6) is 0 Å². The van der Waals surface area contributed by atoms with E-state index >= 15 is 0 Å². The lowest BCUT2D eigenvalue weighted by Gasteiger charge is -2.10. The van der Waals surface area contributed by atoms with Gasteiger partial charge in [-0.05, 0) is 37.2 Å². The lowest BCUT2D eigenvalue weighted by Crippen LogP contribution is -2.35. The van der Waals surface area contributed by atoms with Crippen molar-refractivity contribution in [3.05, 3.63) is 29.3 Å². The van der Waals surface area contributed by atoms with Crippen LogP contribution in [0.15, 0.2) is 29.2 Å². The zero-order chi connectivity index (χ0) is 14.6. The van der Waals surface area contributed by atoms with Crippen molar-refractivity contribution < 1.29 is 13.2 Å². The molecule has 1 saturated heterocycles. The number of nitrogens with one attached hydrogen (secondary N) is 2. The van der Waals surface area contributed by atoms with E-state index in [4.69, 9.17) is 11.6 Å². The minimum atomic E-state index is -3.39. The van der Waals surface area contributed by atoms with Gasteiger partial charge in [0.25, 0.3) is 0 Å². The van der Waals surface area contributed by atoms with Gasteiger partial charge in [-0.3, -0.25) is 4.79 Å². The van der Waals surface area contributed by atoms with Gasteiger partial charge in [0, 0.05) is 18.1 Å². The maximum absolute atomic E-state index is 12.0. The first-order valence-corrected chi connectivity index (χ1v) is 8.49. The van der Waals surface area contributed by atoms with Crippen LogP contribution in [-0.4, -0.2) is 39.7 Å². The molecule has 1 heterocycles. The second kappa shape index (κ2) is 7.98. The van der Waals surface area contributed by atoms with Crippen LogP contribution in [0.25, 0.3) is 0 Å². The number of rotatable bonds is 5. The Hall–Kier alpha value is -0.820. The molecule has 0 saturated carbocycles. The molecule has 1 aliphatic heterocycles. The second-order valence-electron chi connectivity index (χ2n) is 4.75. The average Bonchev–Trinajstić information content (AvgIpc) is 2.93. The van der Waals surface area contributed by atoms with E-state index in [-0.39, 0.29) is 41.4 Å². The number of carbonyl (C=O) groups is 1. The summed E-state index contributed by atoms with van der Waals surface area (Å²) in [7, 11) is -3.39. The first-order valence-electron chi connectivity index (χ1n) is 6.46. The minimum absolute atomic E-state index is 0. The minimum Gasteiger partial charge on any atom is -0.355 e. The highest BCUT2D eigenvalue weighted by Gasteiger charge is 2.22. The van der Waals surface area contributed by atoms with Crippen molar-refractivity contribution in [3.63, 3.8) is 0 Å². The Morgan fingerprint density at radius 2 is 2.00 bits per heavy atom. The molecule has 8 heteroatoms. The molecule has 1 unspecified atom stereocenters. The number of halogens is 2. The zero-order valence-electron chi connectivity index (χ0n) is 11.3. The average molecular weight is 353 g/mol. The standard InChI is InChI=1S/C13H17ClN2O3S.ClH/c14-11-1-3-12(4-2-11)20(18,19)8-7-16-13(17)10-5-6-15-9-10;/h1-4,10,15H,5-9H2,(H,16,17);1H. The lowest BCUT2D eigenvalue weighted by atomic mass is 10.1. The Morgan fingerprint density at radius 3 is 2.57 bits per heavy atom. The van der Waals surface area contributed by atoms with Crippen molar-refractivity contribution in [2.24, 2.45) is 5.92 Å². The van der Waals surface area contributed by atoms with Gasteiger partial charge in [-0.1, -0.05) is 11.6 Å². The summed E-state index contributed by atoms with van der Waals surface area (Å²) in [5.41, 5.74) is 0. The first kappa shape index (κ1) is 18.2. The number of hydrogen-bond acceptors (Lipinski definition) is 4. The Labute approximate surface area is 135 Å². The number of hydrogen-bond donors (Lipinski definition) is 2. The molecule has 1 aliphatic rings. The van der Waals surface area contributed by atoms with E-state index in [1.165, 1.54) is 24.3 Å². The maximum Gasteiger partial charge on any atom is 0.224 e. The number of carbonyl (C=O) groups excluding carboxylic acids is 1. The van der Waals surface area contributed by atoms with Crippen LogP contribution in [0.4, 0.5) is 0 Å². The normalized spacial score (nSPS) is 18.0. The summed E-state index contributed by atoms with van der Waals surface area (Å²) < 4.78 is 24.1. The van der Waals surface area contributed by atoms with Crippen LogP contribution in [0.3, 0.4) is 0 Å². The molecular weight excluding hydrogens is 335 g/mol. The smallest absolute Gasteiger partial charge is 0.224 e. The molecule has 1 fully saturated rings. The summed E-state index contributed by atoms with van der Waals surface area (Å²) in [5, 5.41) is 6.27. The van der Waals surface area contributed by atoms with Gasteiger partial charge < -0.3 is 10.6 Å². The van der Waals surface area contributed by atoms with Crippen LogP contribution in [0.1, 0.15) is 6.42 Å². The quantitative estimate of drug-likeness (QED) is 0.836. The van der Waals surface area contributed by atoms with Crippen molar-refractivity contribution in [3.8, 4) is 0 Å². The fourth-order valence-electron chi connectivity index (χ4n) is 2.09. The highest BCUT2D eigenvalue weighted by atomic mass is 35.5. The molecule has 0 aromatic heterocycles. The molecule has 0 spiro atoms. The molecule has 1 aromatic rings. The van der Waals surface area contributed by atoms with Gasteiger partial charge in [0.05, 0.1) is 16.6 Å². The van der Waals surface area contributed by atoms with Gasteiger partial charge in [-0.15, -0.1) is 12.4 Å². The SMILES string of the molecule is Cl.O=C(NCCS(=O)(=O)c1ccc(Cl)cc1)C1CCNC1. The summed E-state index contributed by atoms with van der Waals surface area (Å²) in [5.74, 6) is -0.241. The van der Waals surface area contributed by atoms with E-state index in [2.05, 4.69) is 10.6 Å². The van der Waals surface area contributed by atoms with Crippen molar-refractivity contribution in [1.29, 1.82) is 0 Å². The first-order chi connectivity index (χ1) is 9.49. The molecule has 0 aliphatic carbocycles. The van der Waals surface area contributed by atoms with Gasteiger partial charge in [0.2, 0.25) is 5.91 Å². The monoisotopic (exact) mass is 352 g/mol. The van der Waals surface area contributed by atoms with Crippen LogP contribution in [0, 0.1) is 5.92 Å². The summed E-state index contributed by atoms with van der Waals surface area (Å²) in [6.07, 6.45) is 0.801. The third kappa shape index (κ3) is 5.14. The van der Waals surface area contributed by atoms with E-state index in [1.807, 2.05) is 0 Å². The van der Waals surface area contributed by atoms with Gasteiger partial charge in [0.15, 0.2) is 9.84 Å². The summed E-state index contributed by atoms with van der Waals surface area (Å²) >= 11 is 5.72. The Balaban J connectivity index is 0.00000220. The zero-order valence-corrected chi connectivity index (χ0v) is 13.7. The van der Waals surface area contributed by atoms with Crippen LogP contribution >= 0.6 is 24.0 Å². The lowest BCUT2D eigenvalue weighted by molar-refractivity contribution is -0.124. The third-order valence-corrected chi connectivity index (χ3v) is 5.26. The largest absolute Gasteiger partial charge is 0.355 e. The maximum atomic E-state index is 12.0. The van der Waals surface area contributed by atoms with E-state index in [0.29, 0.717) is 11.6 Å². The number of sulfone groups is 1. The highest BCUT2D eigenvalue weighted by Crippen LogP contribution is 2.15. The fraction of sp³-hybridized carbons (Fsp3) is 0.462. The van der Waals surface area contributed by atoms with E-state index in [0.717, 1.165) is 13.0 Å². The fourth-order valence-corrected chi connectivity index (χ4v) is 3.37. The van der Waals surface area contributed by atoms with Crippen LogP contribution in [0.2, 0.25) is 5.02 Å². The Morgan fingerprint density at radius 1 is 1.33 bits per heavy atom. The molecule has 1 aromatic carbocycles. The summed E-state index contributed by atoms with van der Waals surface area (Å²) in [4.78, 5) is 12.0. The van der Waals surface area contributed by atoms with Crippen LogP contribution in [-0.2, 0) is 14.6 Å². The van der Waals surface area contributed by atoms with Gasteiger partial charge in [-0.25, -0.2) is 8.42 Å². The van der Waals surface area contributed by atoms with E-state index < -0.39 is 9.84 Å². The van der Waals surface area contributed by atoms with Crippen molar-refractivity contribution in [2.45, 2.75) is 11.3 Å². The molecule has 2 rings (SSSR count). The number of amides is 1. The van der Waals surface area contributed by atoms with E-state index in [1.54, 1.807) is 0 Å². The molecule has 1 atom stereocenters. The predicted molar refractivity (Wildman–Crippen MR) is 84.7 cm³/mol. The molecule has 5 nitrogen and oxygen atoms in total. The van der Waals surface area contributed by atoms with Crippen LogP contribution < -0.4 is 10.6 Å². The second-order valence-corrected chi connectivity index (χ2v) is 7.30. The third-order valence-electron chi connectivity index (χ3n) is 3.27. The van der Waals surface area contributed by atoms with E-state index in [9.17, 15) is 13.2 Å². The predicted octanol–water partition coefficient (Wildman–Crippen LogP) is 1.26. The summed E-state index contributed by atoms with van der Waals surface area (Å²) in [6.45, 7) is 1.62. The Bertz CT molecular complexity index is 570.